The van der Waals surface area contributed by atoms with Gasteiger partial charge in [0, 0.05) is 18.7 Å². The zero-order valence-corrected chi connectivity index (χ0v) is 11.8. The Morgan fingerprint density at radius 1 is 1.42 bits per heavy atom. The monoisotopic (exact) mass is 283 g/mol. The van der Waals surface area contributed by atoms with Gasteiger partial charge in [-0.3, -0.25) is 10.1 Å². The number of nitrogens with zero attached hydrogens (tertiary/aromatic N) is 3. The molecule has 0 atom stereocenters. The summed E-state index contributed by atoms with van der Waals surface area (Å²) < 4.78 is 0. The molecule has 1 aliphatic carbocycles. The van der Waals surface area contributed by atoms with Crippen LogP contribution >= 0.6 is 11.6 Å². The number of halogens is 1. The van der Waals surface area contributed by atoms with Crippen LogP contribution in [0, 0.1) is 10.1 Å². The second kappa shape index (κ2) is 6.19. The van der Waals surface area contributed by atoms with Crippen molar-refractivity contribution in [3.63, 3.8) is 0 Å². The molecule has 1 aliphatic rings. The Bertz CT molecular complexity index is 461. The summed E-state index contributed by atoms with van der Waals surface area (Å²) in [6.07, 6.45) is 5.74. The zero-order valence-electron chi connectivity index (χ0n) is 11.0. The molecule has 0 aliphatic heterocycles. The van der Waals surface area contributed by atoms with E-state index in [1.54, 1.807) is 0 Å². The Balaban J connectivity index is 2.35. The van der Waals surface area contributed by atoms with Crippen molar-refractivity contribution in [3.05, 3.63) is 27.4 Å². The predicted molar refractivity (Wildman–Crippen MR) is 75.8 cm³/mol. The maximum absolute atomic E-state index is 11.1. The van der Waals surface area contributed by atoms with E-state index in [1.165, 1.54) is 31.4 Å². The summed E-state index contributed by atoms with van der Waals surface area (Å²) >= 11 is 5.90. The van der Waals surface area contributed by atoms with Gasteiger partial charge in [0.05, 0.1) is 4.92 Å². The van der Waals surface area contributed by atoms with Crippen LogP contribution in [0.25, 0.3) is 0 Å². The molecule has 0 N–H and O–H groups in total. The molecule has 1 aromatic rings. The molecule has 0 radical (unpaired) electrons. The minimum Gasteiger partial charge on any atom is -0.348 e. The lowest BCUT2D eigenvalue weighted by molar-refractivity contribution is -0.384. The summed E-state index contributed by atoms with van der Waals surface area (Å²) in [7, 11) is 0. The van der Waals surface area contributed by atoms with Gasteiger partial charge in [-0.15, -0.1) is 0 Å². The highest BCUT2D eigenvalue weighted by molar-refractivity contribution is 6.29. The Hall–Kier alpha value is -1.36. The van der Waals surface area contributed by atoms with Gasteiger partial charge in [-0.2, -0.15) is 0 Å². The number of aromatic nitrogens is 1. The van der Waals surface area contributed by atoms with E-state index in [0.29, 0.717) is 23.6 Å². The highest BCUT2D eigenvalue weighted by Crippen LogP contribution is 2.32. The topological polar surface area (TPSA) is 59.3 Å². The van der Waals surface area contributed by atoms with Crippen LogP contribution < -0.4 is 4.90 Å². The van der Waals surface area contributed by atoms with E-state index >= 15 is 0 Å². The molecule has 1 heterocycles. The Kier molecular flexibility index (Phi) is 4.58. The normalized spacial score (nSPS) is 16.3. The summed E-state index contributed by atoms with van der Waals surface area (Å²) in [4.78, 5) is 17.0. The maximum Gasteiger partial charge on any atom is 0.311 e. The van der Waals surface area contributed by atoms with Crippen LogP contribution in [-0.4, -0.2) is 22.5 Å². The van der Waals surface area contributed by atoms with Crippen molar-refractivity contribution in [2.75, 3.05) is 11.4 Å². The smallest absolute Gasteiger partial charge is 0.311 e. The van der Waals surface area contributed by atoms with Gasteiger partial charge in [0.25, 0.3) is 0 Å². The fraction of sp³-hybridized carbons (Fsp3) is 0.615. The van der Waals surface area contributed by atoms with Crippen molar-refractivity contribution in [3.8, 4) is 0 Å². The standard InChI is InChI=1S/C13H18ClN3O2/c1-2-16(10-6-4-3-5-7-10)13-11(17(18)19)8-9-12(14)15-13/h8-10H,2-7H2,1H3. The van der Waals surface area contributed by atoms with Crippen LogP contribution in [0.5, 0.6) is 0 Å². The molecule has 1 saturated carbocycles. The number of rotatable bonds is 4. The molecule has 0 saturated heterocycles. The molecule has 5 nitrogen and oxygen atoms in total. The van der Waals surface area contributed by atoms with Crippen molar-refractivity contribution in [1.82, 2.24) is 4.98 Å². The first kappa shape index (κ1) is 14.1. The van der Waals surface area contributed by atoms with E-state index in [4.69, 9.17) is 11.6 Å². The van der Waals surface area contributed by atoms with E-state index in [0.717, 1.165) is 12.8 Å². The third-order valence-corrected chi connectivity index (χ3v) is 3.86. The third-order valence-electron chi connectivity index (χ3n) is 3.65. The number of pyridine rings is 1. The maximum atomic E-state index is 11.1. The number of anilines is 1. The van der Waals surface area contributed by atoms with Crippen LogP contribution in [0.4, 0.5) is 11.5 Å². The highest BCUT2D eigenvalue weighted by Gasteiger charge is 2.27. The molecule has 104 valence electrons. The van der Waals surface area contributed by atoms with Gasteiger partial charge >= 0.3 is 5.69 Å². The average Bonchev–Trinajstić information content (AvgIpc) is 2.40. The van der Waals surface area contributed by atoms with Gasteiger partial charge in [0.15, 0.2) is 0 Å². The molecule has 0 unspecified atom stereocenters. The Labute approximate surface area is 117 Å². The van der Waals surface area contributed by atoms with Gasteiger partial charge < -0.3 is 4.90 Å². The fourth-order valence-corrected chi connectivity index (χ4v) is 2.89. The van der Waals surface area contributed by atoms with Crippen molar-refractivity contribution < 1.29 is 4.92 Å². The molecule has 0 bridgehead atoms. The molecule has 0 amide bonds. The zero-order chi connectivity index (χ0) is 13.8. The number of hydrogen-bond acceptors (Lipinski definition) is 4. The molecule has 0 spiro atoms. The molecule has 1 aromatic heterocycles. The SMILES string of the molecule is CCN(c1nc(Cl)ccc1[N+](=O)[O-])C1CCCCC1. The number of nitro groups is 1. The van der Waals surface area contributed by atoms with Crippen LogP contribution in [0.2, 0.25) is 5.15 Å². The second-order valence-electron chi connectivity index (χ2n) is 4.81. The van der Waals surface area contributed by atoms with Crippen LogP contribution in [0.3, 0.4) is 0 Å². The van der Waals surface area contributed by atoms with E-state index in [1.807, 2.05) is 11.8 Å². The van der Waals surface area contributed by atoms with Crippen molar-refractivity contribution in [2.45, 2.75) is 45.1 Å². The predicted octanol–water partition coefficient (Wildman–Crippen LogP) is 3.80. The lowest BCUT2D eigenvalue weighted by atomic mass is 9.94. The average molecular weight is 284 g/mol. The molecular weight excluding hydrogens is 266 g/mol. The molecule has 19 heavy (non-hydrogen) atoms. The summed E-state index contributed by atoms with van der Waals surface area (Å²) in [6, 6.07) is 3.25. The summed E-state index contributed by atoms with van der Waals surface area (Å²) in [5.74, 6) is 0.409. The fourth-order valence-electron chi connectivity index (χ4n) is 2.75. The number of hydrogen-bond donors (Lipinski definition) is 0. The van der Waals surface area contributed by atoms with E-state index in [2.05, 4.69) is 4.98 Å². The van der Waals surface area contributed by atoms with Crippen molar-refractivity contribution >= 4 is 23.1 Å². The van der Waals surface area contributed by atoms with Crippen LogP contribution in [0.15, 0.2) is 12.1 Å². The Morgan fingerprint density at radius 3 is 2.68 bits per heavy atom. The largest absolute Gasteiger partial charge is 0.348 e. The highest BCUT2D eigenvalue weighted by atomic mass is 35.5. The molecule has 6 heteroatoms. The first-order valence-electron chi connectivity index (χ1n) is 6.71. The van der Waals surface area contributed by atoms with Gasteiger partial charge in [0.1, 0.15) is 5.15 Å². The minimum absolute atomic E-state index is 0.0387. The first-order chi connectivity index (χ1) is 9.13. The van der Waals surface area contributed by atoms with Crippen molar-refractivity contribution in [1.29, 1.82) is 0 Å². The molecular formula is C13H18ClN3O2. The van der Waals surface area contributed by atoms with Gasteiger partial charge in [-0.05, 0) is 25.8 Å². The summed E-state index contributed by atoms with van der Waals surface area (Å²) in [5.41, 5.74) is 0.0387. The molecule has 0 aromatic carbocycles. The minimum atomic E-state index is -0.385. The first-order valence-corrected chi connectivity index (χ1v) is 7.09. The van der Waals surface area contributed by atoms with Gasteiger partial charge in [-0.1, -0.05) is 30.9 Å². The van der Waals surface area contributed by atoms with Crippen molar-refractivity contribution in [2.24, 2.45) is 0 Å². The quantitative estimate of drug-likeness (QED) is 0.479. The summed E-state index contributed by atoms with van der Waals surface area (Å²) in [6.45, 7) is 2.71. The Morgan fingerprint density at radius 2 is 2.11 bits per heavy atom. The van der Waals surface area contributed by atoms with E-state index in [9.17, 15) is 10.1 Å². The van der Waals surface area contributed by atoms with E-state index < -0.39 is 0 Å². The lowest BCUT2D eigenvalue weighted by Gasteiger charge is -2.34. The van der Waals surface area contributed by atoms with Crippen LogP contribution in [0.1, 0.15) is 39.0 Å². The molecule has 1 fully saturated rings. The second-order valence-corrected chi connectivity index (χ2v) is 5.20. The third kappa shape index (κ3) is 3.15. The van der Waals surface area contributed by atoms with Crippen LogP contribution in [-0.2, 0) is 0 Å². The van der Waals surface area contributed by atoms with E-state index in [-0.39, 0.29) is 10.6 Å². The lowest BCUT2D eigenvalue weighted by Crippen LogP contribution is -2.37. The van der Waals surface area contributed by atoms with Gasteiger partial charge in [0.2, 0.25) is 5.82 Å². The molecule has 2 rings (SSSR count). The summed E-state index contributed by atoms with van der Waals surface area (Å²) in [5, 5.41) is 11.4. The van der Waals surface area contributed by atoms with Gasteiger partial charge in [-0.25, -0.2) is 4.98 Å².